The molecular weight excluding hydrogens is 471 g/mol. The summed E-state index contributed by atoms with van der Waals surface area (Å²) in [4.78, 5) is 18.8. The van der Waals surface area contributed by atoms with Gasteiger partial charge in [0, 0.05) is 58.6 Å². The number of rotatable bonds is 12. The first-order chi connectivity index (χ1) is 17.2. The Bertz CT molecular complexity index is 1070. The zero-order valence-electron chi connectivity index (χ0n) is 19.5. The molecule has 0 radical (unpaired) electrons. The highest BCUT2D eigenvalue weighted by molar-refractivity contribution is 6.28. The Morgan fingerprint density at radius 1 is 0.914 bits per heavy atom. The lowest BCUT2D eigenvalue weighted by Gasteiger charge is -2.26. The van der Waals surface area contributed by atoms with Crippen molar-refractivity contribution >= 4 is 17.5 Å². The van der Waals surface area contributed by atoms with Crippen molar-refractivity contribution in [2.45, 2.75) is 26.2 Å². The largest absolute Gasteiger partial charge is 0.379 e. The van der Waals surface area contributed by atoms with Gasteiger partial charge in [0.25, 0.3) is 0 Å². The Hall–Kier alpha value is -2.76. The van der Waals surface area contributed by atoms with Gasteiger partial charge in [-0.2, -0.15) is 0 Å². The Balaban J connectivity index is 1.15. The molecule has 0 amide bonds. The zero-order chi connectivity index (χ0) is 24.3. The van der Waals surface area contributed by atoms with Gasteiger partial charge in [-0.05, 0) is 28.8 Å². The maximum absolute atomic E-state index is 13.7. The van der Waals surface area contributed by atoms with Crippen LogP contribution in [0.2, 0.25) is 5.28 Å². The highest BCUT2D eigenvalue weighted by Crippen LogP contribution is 2.09. The highest BCUT2D eigenvalue weighted by atomic mass is 35.5. The van der Waals surface area contributed by atoms with Crippen LogP contribution >= 0.6 is 11.6 Å². The van der Waals surface area contributed by atoms with Crippen LogP contribution in [0.5, 0.6) is 0 Å². The van der Waals surface area contributed by atoms with Crippen molar-refractivity contribution < 1.29 is 9.13 Å². The van der Waals surface area contributed by atoms with Crippen LogP contribution in [0.3, 0.4) is 0 Å². The molecule has 1 aromatic carbocycles. The summed E-state index contributed by atoms with van der Waals surface area (Å²) in [6, 6.07) is 10.2. The zero-order valence-corrected chi connectivity index (χ0v) is 20.3. The van der Waals surface area contributed by atoms with Gasteiger partial charge in [-0.25, -0.2) is 24.3 Å². The number of aromatic nitrogens is 4. The molecule has 0 spiro atoms. The number of nitrogens with one attached hydrogen (secondary N) is 3. The number of benzene rings is 1. The van der Waals surface area contributed by atoms with Crippen LogP contribution in [0.15, 0.2) is 42.7 Å². The number of hydrogen-bond acceptors (Lipinski definition) is 9. The second-order valence-corrected chi connectivity index (χ2v) is 8.55. The van der Waals surface area contributed by atoms with E-state index in [2.05, 4.69) is 65.1 Å². The lowest BCUT2D eigenvalue weighted by Crippen LogP contribution is -2.39. The van der Waals surface area contributed by atoms with Crippen LogP contribution in [0.25, 0.3) is 0 Å². The topological polar surface area (TPSA) is 100 Å². The lowest BCUT2D eigenvalue weighted by molar-refractivity contribution is 0.0398. The average Bonchev–Trinajstić information content (AvgIpc) is 2.88. The summed E-state index contributed by atoms with van der Waals surface area (Å²) in [7, 11) is 0. The first-order valence-electron chi connectivity index (χ1n) is 11.7. The third-order valence-electron chi connectivity index (χ3n) is 5.60. The SMILES string of the molecule is Fc1cnc(Cl)nc1CNCc1ccc(CNCc2ccnc(NCCN3CCOCC3)n2)cc1. The van der Waals surface area contributed by atoms with Crippen LogP contribution in [0.4, 0.5) is 10.3 Å². The van der Waals surface area contributed by atoms with E-state index in [1.807, 2.05) is 6.07 Å². The molecule has 0 saturated carbocycles. The normalized spacial score (nSPS) is 14.2. The van der Waals surface area contributed by atoms with Crippen LogP contribution in [-0.2, 0) is 30.9 Å². The second kappa shape index (κ2) is 13.4. The van der Waals surface area contributed by atoms with E-state index < -0.39 is 5.82 Å². The second-order valence-electron chi connectivity index (χ2n) is 8.21. The Morgan fingerprint density at radius 2 is 1.63 bits per heavy atom. The van der Waals surface area contributed by atoms with Gasteiger partial charge in [0.1, 0.15) is 0 Å². The summed E-state index contributed by atoms with van der Waals surface area (Å²) in [5.41, 5.74) is 3.45. The van der Waals surface area contributed by atoms with E-state index in [9.17, 15) is 4.39 Å². The minimum absolute atomic E-state index is 0.0401. The summed E-state index contributed by atoms with van der Waals surface area (Å²) in [6.07, 6.45) is 2.86. The van der Waals surface area contributed by atoms with E-state index in [0.29, 0.717) is 19.0 Å². The third kappa shape index (κ3) is 8.44. The van der Waals surface area contributed by atoms with Gasteiger partial charge in [0.15, 0.2) is 5.82 Å². The Kier molecular flexibility index (Phi) is 9.67. The van der Waals surface area contributed by atoms with Crippen molar-refractivity contribution in [2.75, 3.05) is 44.7 Å². The average molecular weight is 501 g/mol. The van der Waals surface area contributed by atoms with Crippen LogP contribution in [-0.4, -0.2) is 64.2 Å². The number of ether oxygens (including phenoxy) is 1. The molecule has 1 aliphatic rings. The van der Waals surface area contributed by atoms with Crippen molar-refractivity contribution in [1.82, 2.24) is 35.5 Å². The van der Waals surface area contributed by atoms with Crippen molar-refractivity contribution in [1.29, 1.82) is 0 Å². The molecule has 3 heterocycles. The summed E-state index contributed by atoms with van der Waals surface area (Å²) in [5, 5.41) is 9.95. The molecular formula is C24H30ClFN8O. The molecule has 0 unspecified atom stereocenters. The van der Waals surface area contributed by atoms with Gasteiger partial charge in [-0.1, -0.05) is 24.3 Å². The number of halogens is 2. The molecule has 11 heteroatoms. The van der Waals surface area contributed by atoms with Crippen molar-refractivity contribution in [3.63, 3.8) is 0 Å². The van der Waals surface area contributed by atoms with Crippen LogP contribution in [0.1, 0.15) is 22.5 Å². The van der Waals surface area contributed by atoms with Gasteiger partial charge < -0.3 is 20.7 Å². The molecule has 1 fully saturated rings. The molecule has 0 atom stereocenters. The first kappa shape index (κ1) is 25.3. The van der Waals surface area contributed by atoms with E-state index in [0.717, 1.165) is 63.4 Å². The molecule has 1 saturated heterocycles. The van der Waals surface area contributed by atoms with Gasteiger partial charge in [-0.3, -0.25) is 4.90 Å². The van der Waals surface area contributed by atoms with Gasteiger partial charge >= 0.3 is 0 Å². The van der Waals surface area contributed by atoms with Gasteiger partial charge in [0.05, 0.1) is 30.8 Å². The van der Waals surface area contributed by atoms with E-state index in [4.69, 9.17) is 16.3 Å². The first-order valence-corrected chi connectivity index (χ1v) is 12.1. The fourth-order valence-corrected chi connectivity index (χ4v) is 3.82. The molecule has 3 aromatic rings. The van der Waals surface area contributed by atoms with Crippen molar-refractivity contribution in [3.8, 4) is 0 Å². The van der Waals surface area contributed by atoms with E-state index in [-0.39, 0.29) is 17.5 Å². The molecule has 1 aliphatic heterocycles. The number of anilines is 1. The van der Waals surface area contributed by atoms with Gasteiger partial charge in [-0.15, -0.1) is 0 Å². The van der Waals surface area contributed by atoms with Crippen molar-refractivity contribution in [3.05, 3.63) is 76.3 Å². The van der Waals surface area contributed by atoms with Gasteiger partial charge in [0.2, 0.25) is 11.2 Å². The molecule has 35 heavy (non-hydrogen) atoms. The van der Waals surface area contributed by atoms with E-state index in [1.165, 1.54) is 5.56 Å². The predicted molar refractivity (Wildman–Crippen MR) is 132 cm³/mol. The molecule has 0 bridgehead atoms. The molecule has 3 N–H and O–H groups in total. The summed E-state index contributed by atoms with van der Waals surface area (Å²) < 4.78 is 19.1. The number of nitrogens with zero attached hydrogens (tertiary/aromatic N) is 5. The number of morpholine rings is 1. The Morgan fingerprint density at radius 3 is 2.37 bits per heavy atom. The molecule has 4 rings (SSSR count). The Labute approximate surface area is 209 Å². The minimum Gasteiger partial charge on any atom is -0.379 e. The minimum atomic E-state index is -0.470. The summed E-state index contributed by atoms with van der Waals surface area (Å²) in [5.74, 6) is 0.182. The fourth-order valence-electron chi connectivity index (χ4n) is 3.67. The van der Waals surface area contributed by atoms with E-state index in [1.54, 1.807) is 6.20 Å². The highest BCUT2D eigenvalue weighted by Gasteiger charge is 2.10. The fraction of sp³-hybridized carbons (Fsp3) is 0.417. The van der Waals surface area contributed by atoms with Crippen LogP contribution in [0, 0.1) is 5.82 Å². The standard InChI is InChI=1S/C24H30ClFN8O/c25-23-31-16-21(26)22(33-23)17-28-14-19-3-1-18(2-4-19)13-27-15-20-5-6-29-24(32-20)30-7-8-34-9-11-35-12-10-34/h1-6,16,27-28H,7-15,17H2,(H,29,30,32). The van der Waals surface area contributed by atoms with Crippen LogP contribution < -0.4 is 16.0 Å². The van der Waals surface area contributed by atoms with Crippen molar-refractivity contribution in [2.24, 2.45) is 0 Å². The molecule has 9 nitrogen and oxygen atoms in total. The predicted octanol–water partition coefficient (Wildman–Crippen LogP) is 2.38. The summed E-state index contributed by atoms with van der Waals surface area (Å²) >= 11 is 5.73. The maximum atomic E-state index is 13.7. The monoisotopic (exact) mass is 500 g/mol. The molecule has 2 aromatic heterocycles. The van der Waals surface area contributed by atoms with E-state index >= 15 is 0 Å². The smallest absolute Gasteiger partial charge is 0.222 e. The number of hydrogen-bond donors (Lipinski definition) is 3. The maximum Gasteiger partial charge on any atom is 0.222 e. The third-order valence-corrected chi connectivity index (χ3v) is 5.78. The quantitative estimate of drug-likeness (QED) is 0.324. The summed E-state index contributed by atoms with van der Waals surface area (Å²) in [6.45, 7) is 7.56. The lowest BCUT2D eigenvalue weighted by atomic mass is 10.1. The molecule has 186 valence electrons. The molecule has 0 aliphatic carbocycles.